The van der Waals surface area contributed by atoms with Crippen LogP contribution < -0.4 is 4.74 Å². The van der Waals surface area contributed by atoms with E-state index in [1.54, 1.807) is 0 Å². The lowest BCUT2D eigenvalue weighted by atomic mass is 9.96. The second kappa shape index (κ2) is 13.1. The van der Waals surface area contributed by atoms with E-state index in [1.807, 2.05) is 29.2 Å². The number of amides is 1. The summed E-state index contributed by atoms with van der Waals surface area (Å²) in [5.41, 5.74) is 1.27. The van der Waals surface area contributed by atoms with Gasteiger partial charge in [0.25, 0.3) is 5.91 Å². The van der Waals surface area contributed by atoms with Crippen molar-refractivity contribution in [1.82, 2.24) is 9.80 Å². The largest absolute Gasteiger partial charge is 0.492 e. The number of alkyl halides is 3. The number of ether oxygens (including phenoxy) is 1. The number of carbonyl (C=O) groups excluding carboxylic acids is 1. The molecule has 0 spiro atoms. The number of likely N-dealkylation sites (tertiary alicyclic amines) is 1. The average Bonchev–Trinajstić information content (AvgIpc) is 3.19. The molecule has 2 heterocycles. The molecule has 2 aromatic carbocycles. The van der Waals surface area contributed by atoms with E-state index < -0.39 is 23.7 Å². The van der Waals surface area contributed by atoms with Crippen LogP contribution in [0.5, 0.6) is 5.75 Å². The standard InChI is InChI=1S/C23H25F3N2O2.C4H4O4/c24-23(25,26)19-5-7-20(8-6-19)30-14-13-27-11-9-17(10-12-27)15-28-16-18-3-1-2-4-21(18)22(28)29;5-3(6)1-2-4(7)8/h1-8,17H,9-16H2;1-2H,(H,5,6)(H,7,8)/b;2-1+. The summed E-state index contributed by atoms with van der Waals surface area (Å²) in [5.74, 6) is -1.43. The zero-order chi connectivity index (χ0) is 27.7. The third-order valence-corrected chi connectivity index (χ3v) is 6.31. The molecule has 4 rings (SSSR count). The Morgan fingerprint density at radius 3 is 2.13 bits per heavy atom. The molecule has 0 aliphatic carbocycles. The molecule has 0 saturated carbocycles. The molecule has 2 aromatic rings. The fourth-order valence-electron chi connectivity index (χ4n) is 4.34. The molecule has 0 atom stereocenters. The molecular weight excluding hydrogens is 505 g/mol. The van der Waals surface area contributed by atoms with Crippen LogP contribution in [0, 0.1) is 5.92 Å². The van der Waals surface area contributed by atoms with E-state index in [0.29, 0.717) is 37.0 Å². The fourth-order valence-corrected chi connectivity index (χ4v) is 4.34. The fraction of sp³-hybridized carbons (Fsp3) is 0.370. The number of fused-ring (bicyclic) bond motifs is 1. The summed E-state index contributed by atoms with van der Waals surface area (Å²) in [6.07, 6.45) is -1.16. The predicted molar refractivity (Wildman–Crippen MR) is 132 cm³/mol. The second-order valence-corrected chi connectivity index (χ2v) is 9.01. The summed E-state index contributed by atoms with van der Waals surface area (Å²) < 4.78 is 43.4. The van der Waals surface area contributed by atoms with Gasteiger partial charge in [-0.05, 0) is 67.7 Å². The molecule has 11 heteroatoms. The highest BCUT2D eigenvalue weighted by Crippen LogP contribution is 2.30. The lowest BCUT2D eigenvalue weighted by molar-refractivity contribution is -0.137. The number of carboxylic acids is 2. The first kappa shape index (κ1) is 28.7. The second-order valence-electron chi connectivity index (χ2n) is 9.01. The molecule has 0 radical (unpaired) electrons. The smallest absolute Gasteiger partial charge is 0.416 e. The summed E-state index contributed by atoms with van der Waals surface area (Å²) >= 11 is 0. The van der Waals surface area contributed by atoms with E-state index in [2.05, 4.69) is 4.90 Å². The third-order valence-electron chi connectivity index (χ3n) is 6.31. The van der Waals surface area contributed by atoms with Gasteiger partial charge in [0.15, 0.2) is 0 Å². The van der Waals surface area contributed by atoms with Gasteiger partial charge < -0.3 is 19.8 Å². The highest BCUT2D eigenvalue weighted by molar-refractivity contribution is 5.98. The van der Waals surface area contributed by atoms with Crippen molar-refractivity contribution < 1.29 is 42.5 Å². The van der Waals surface area contributed by atoms with E-state index in [0.717, 1.165) is 62.3 Å². The minimum atomic E-state index is -4.33. The molecule has 2 aliphatic rings. The van der Waals surface area contributed by atoms with Crippen LogP contribution in [-0.2, 0) is 22.3 Å². The van der Waals surface area contributed by atoms with Crippen molar-refractivity contribution in [2.45, 2.75) is 25.6 Å². The van der Waals surface area contributed by atoms with E-state index in [4.69, 9.17) is 14.9 Å². The van der Waals surface area contributed by atoms with E-state index in [-0.39, 0.29) is 5.91 Å². The maximum Gasteiger partial charge on any atom is 0.416 e. The summed E-state index contributed by atoms with van der Waals surface area (Å²) in [6, 6.07) is 12.6. The van der Waals surface area contributed by atoms with Gasteiger partial charge in [-0.15, -0.1) is 0 Å². The van der Waals surface area contributed by atoms with Crippen molar-refractivity contribution in [3.8, 4) is 5.75 Å². The van der Waals surface area contributed by atoms with Crippen LogP contribution in [0.1, 0.15) is 34.3 Å². The van der Waals surface area contributed by atoms with Crippen molar-refractivity contribution in [1.29, 1.82) is 0 Å². The monoisotopic (exact) mass is 534 g/mol. The molecular formula is C27H29F3N2O6. The molecule has 1 saturated heterocycles. The quantitative estimate of drug-likeness (QED) is 0.490. The Hall–Kier alpha value is -3.86. The molecule has 204 valence electrons. The number of benzene rings is 2. The lowest BCUT2D eigenvalue weighted by Gasteiger charge is -2.33. The maximum atomic E-state index is 12.6. The molecule has 1 amide bonds. The summed E-state index contributed by atoms with van der Waals surface area (Å²) in [7, 11) is 0. The Labute approximate surface area is 217 Å². The number of aliphatic carboxylic acids is 2. The minimum Gasteiger partial charge on any atom is -0.492 e. The Kier molecular flexibility index (Phi) is 9.89. The average molecular weight is 535 g/mol. The zero-order valence-electron chi connectivity index (χ0n) is 20.6. The highest BCUT2D eigenvalue weighted by Gasteiger charge is 2.31. The molecule has 0 unspecified atom stereocenters. The van der Waals surface area contributed by atoms with Crippen molar-refractivity contribution in [2.24, 2.45) is 5.92 Å². The Bertz CT molecular complexity index is 1130. The van der Waals surface area contributed by atoms with Crippen LogP contribution in [-0.4, -0.2) is 70.6 Å². The van der Waals surface area contributed by atoms with Crippen molar-refractivity contribution in [2.75, 3.05) is 32.8 Å². The van der Waals surface area contributed by atoms with E-state index >= 15 is 0 Å². The SMILES string of the molecule is O=C(O)/C=C/C(=O)O.O=C1c2ccccc2CN1CC1CCN(CCOc2ccc(C(F)(F)F)cc2)CC1. The van der Waals surface area contributed by atoms with Gasteiger partial charge in [-0.25, -0.2) is 9.59 Å². The maximum absolute atomic E-state index is 12.6. The number of halogens is 3. The van der Waals surface area contributed by atoms with Gasteiger partial charge in [-0.2, -0.15) is 13.2 Å². The molecule has 8 nitrogen and oxygen atoms in total. The van der Waals surface area contributed by atoms with E-state index in [1.165, 1.54) is 12.1 Å². The Morgan fingerprint density at radius 1 is 0.974 bits per heavy atom. The topological polar surface area (TPSA) is 107 Å². The van der Waals surface area contributed by atoms with Crippen LogP contribution in [0.2, 0.25) is 0 Å². The van der Waals surface area contributed by atoms with Crippen molar-refractivity contribution in [3.05, 3.63) is 77.4 Å². The summed E-state index contributed by atoms with van der Waals surface area (Å²) in [6.45, 7) is 4.56. The zero-order valence-corrected chi connectivity index (χ0v) is 20.6. The van der Waals surface area contributed by atoms with Crippen molar-refractivity contribution >= 4 is 17.8 Å². The Balaban J connectivity index is 0.000000436. The van der Waals surface area contributed by atoms with Crippen LogP contribution in [0.3, 0.4) is 0 Å². The van der Waals surface area contributed by atoms with Crippen LogP contribution >= 0.6 is 0 Å². The number of carboxylic acid groups (broad SMARTS) is 2. The van der Waals surface area contributed by atoms with Gasteiger partial charge in [0.2, 0.25) is 0 Å². The first-order chi connectivity index (χ1) is 18.0. The number of piperidine rings is 1. The number of rotatable bonds is 8. The predicted octanol–water partition coefficient (Wildman–Crippen LogP) is 4.16. The first-order valence-corrected chi connectivity index (χ1v) is 12.1. The van der Waals surface area contributed by atoms with Gasteiger partial charge in [0.05, 0.1) is 5.56 Å². The molecule has 1 fully saturated rings. The van der Waals surface area contributed by atoms with E-state index in [9.17, 15) is 27.6 Å². The van der Waals surface area contributed by atoms with Gasteiger partial charge in [-0.1, -0.05) is 18.2 Å². The molecule has 38 heavy (non-hydrogen) atoms. The highest BCUT2D eigenvalue weighted by atomic mass is 19.4. The molecule has 0 bridgehead atoms. The lowest BCUT2D eigenvalue weighted by Crippen LogP contribution is -2.40. The molecule has 2 N–H and O–H groups in total. The number of hydrogen-bond donors (Lipinski definition) is 2. The minimum absolute atomic E-state index is 0.137. The first-order valence-electron chi connectivity index (χ1n) is 12.1. The summed E-state index contributed by atoms with van der Waals surface area (Å²) in [4.78, 5) is 35.9. The van der Waals surface area contributed by atoms with Crippen molar-refractivity contribution in [3.63, 3.8) is 0 Å². The number of hydrogen-bond acceptors (Lipinski definition) is 5. The number of carbonyl (C=O) groups is 3. The number of nitrogens with zero attached hydrogens (tertiary/aromatic N) is 2. The van der Waals surface area contributed by atoms with Crippen LogP contribution in [0.4, 0.5) is 13.2 Å². The van der Waals surface area contributed by atoms with Gasteiger partial charge in [0.1, 0.15) is 12.4 Å². The normalized spacial score (nSPS) is 16.2. The van der Waals surface area contributed by atoms with Gasteiger partial charge in [0, 0.05) is 37.3 Å². The molecule has 0 aromatic heterocycles. The van der Waals surface area contributed by atoms with Gasteiger partial charge >= 0.3 is 18.1 Å². The summed E-state index contributed by atoms with van der Waals surface area (Å²) in [5, 5.41) is 15.6. The third kappa shape index (κ3) is 8.62. The van der Waals surface area contributed by atoms with Gasteiger partial charge in [-0.3, -0.25) is 9.69 Å². The van der Waals surface area contributed by atoms with Crippen LogP contribution in [0.25, 0.3) is 0 Å². The molecule has 2 aliphatic heterocycles. The Morgan fingerprint density at radius 2 is 1.58 bits per heavy atom. The van der Waals surface area contributed by atoms with Crippen LogP contribution in [0.15, 0.2) is 60.7 Å².